The third-order valence-corrected chi connectivity index (χ3v) is 4.20. The van der Waals surface area contributed by atoms with Crippen molar-refractivity contribution in [2.45, 2.75) is 17.7 Å². The largest absolute Gasteiger partial charge is 0.493 e. The number of carbonyl (C=O) groups is 1. The molecule has 0 aliphatic carbocycles. The van der Waals surface area contributed by atoms with Crippen LogP contribution in [-0.4, -0.2) is 20.9 Å². The fraction of sp³-hybridized carbons (Fsp3) is 0.188. The van der Waals surface area contributed by atoms with Gasteiger partial charge in [-0.2, -0.15) is 0 Å². The SMILES string of the molecule is NC(=O)c1ccccc1OCCCc1ccc(S(N)(=O)=O)cc1. The number of hydrogen-bond acceptors (Lipinski definition) is 4. The van der Waals surface area contributed by atoms with Crippen LogP contribution in [0.15, 0.2) is 53.4 Å². The van der Waals surface area contributed by atoms with E-state index in [0.717, 1.165) is 5.56 Å². The van der Waals surface area contributed by atoms with Crippen molar-refractivity contribution in [3.8, 4) is 5.75 Å². The molecule has 0 spiro atoms. The van der Waals surface area contributed by atoms with Crippen molar-refractivity contribution in [1.29, 1.82) is 0 Å². The Bertz CT molecular complexity index is 786. The van der Waals surface area contributed by atoms with Crippen LogP contribution in [0.5, 0.6) is 5.75 Å². The van der Waals surface area contributed by atoms with E-state index in [2.05, 4.69) is 0 Å². The minimum absolute atomic E-state index is 0.0906. The third-order valence-electron chi connectivity index (χ3n) is 3.27. The molecule has 0 aliphatic heterocycles. The Balaban J connectivity index is 1.88. The van der Waals surface area contributed by atoms with Gasteiger partial charge in [-0.25, -0.2) is 13.6 Å². The maximum atomic E-state index is 11.3. The van der Waals surface area contributed by atoms with Crippen molar-refractivity contribution in [2.24, 2.45) is 10.9 Å². The number of primary sulfonamides is 1. The Morgan fingerprint density at radius 2 is 1.70 bits per heavy atom. The molecule has 2 aromatic carbocycles. The molecule has 0 bridgehead atoms. The lowest BCUT2D eigenvalue weighted by atomic mass is 10.1. The molecule has 0 aliphatic rings. The van der Waals surface area contributed by atoms with Crippen molar-refractivity contribution < 1.29 is 17.9 Å². The molecule has 0 heterocycles. The molecule has 7 heteroatoms. The normalized spacial score (nSPS) is 11.2. The van der Waals surface area contributed by atoms with E-state index in [0.29, 0.717) is 30.8 Å². The van der Waals surface area contributed by atoms with Gasteiger partial charge < -0.3 is 10.5 Å². The van der Waals surface area contributed by atoms with E-state index in [1.165, 1.54) is 12.1 Å². The molecule has 23 heavy (non-hydrogen) atoms. The first-order valence-corrected chi connectivity index (χ1v) is 8.56. The lowest BCUT2D eigenvalue weighted by Gasteiger charge is -2.09. The van der Waals surface area contributed by atoms with Gasteiger partial charge in [0.2, 0.25) is 10.0 Å². The van der Waals surface area contributed by atoms with E-state index in [4.69, 9.17) is 15.6 Å². The minimum Gasteiger partial charge on any atom is -0.493 e. The second-order valence-electron chi connectivity index (χ2n) is 5.00. The van der Waals surface area contributed by atoms with Gasteiger partial charge >= 0.3 is 0 Å². The monoisotopic (exact) mass is 334 g/mol. The molecule has 0 radical (unpaired) electrons. The first-order valence-electron chi connectivity index (χ1n) is 7.01. The predicted molar refractivity (Wildman–Crippen MR) is 86.6 cm³/mol. The zero-order valence-corrected chi connectivity index (χ0v) is 13.3. The molecule has 2 aromatic rings. The van der Waals surface area contributed by atoms with Crippen LogP contribution in [0, 0.1) is 0 Å². The van der Waals surface area contributed by atoms with Crippen molar-refractivity contribution in [1.82, 2.24) is 0 Å². The molecular formula is C16H18N2O4S. The average molecular weight is 334 g/mol. The zero-order valence-electron chi connectivity index (χ0n) is 12.4. The molecule has 2 rings (SSSR count). The summed E-state index contributed by atoms with van der Waals surface area (Å²) in [6, 6.07) is 13.2. The summed E-state index contributed by atoms with van der Waals surface area (Å²) in [5.74, 6) is -0.0660. The van der Waals surface area contributed by atoms with E-state index in [-0.39, 0.29) is 4.90 Å². The van der Waals surface area contributed by atoms with Gasteiger partial charge in [0.25, 0.3) is 5.91 Å². The topological polar surface area (TPSA) is 112 Å². The standard InChI is InChI=1S/C16H18N2O4S/c17-16(19)14-5-1-2-6-15(14)22-11-3-4-12-7-9-13(10-8-12)23(18,20)21/h1-2,5-10H,3-4,11H2,(H2,17,19)(H2,18,20,21). The maximum Gasteiger partial charge on any atom is 0.252 e. The highest BCUT2D eigenvalue weighted by Gasteiger charge is 2.08. The lowest BCUT2D eigenvalue weighted by Crippen LogP contribution is -2.13. The summed E-state index contributed by atoms with van der Waals surface area (Å²) in [7, 11) is -3.66. The number of nitrogens with two attached hydrogens (primary N) is 2. The first-order chi connectivity index (χ1) is 10.9. The van der Waals surface area contributed by atoms with E-state index in [1.807, 2.05) is 0 Å². The van der Waals surface area contributed by atoms with E-state index < -0.39 is 15.9 Å². The Labute approximate surface area is 135 Å². The van der Waals surface area contributed by atoms with E-state index in [1.54, 1.807) is 36.4 Å². The summed E-state index contributed by atoms with van der Waals surface area (Å²) in [5, 5.41) is 5.05. The second kappa shape index (κ2) is 7.26. The summed E-state index contributed by atoms with van der Waals surface area (Å²) < 4.78 is 27.9. The van der Waals surface area contributed by atoms with Gasteiger partial charge in [-0.15, -0.1) is 0 Å². The van der Waals surface area contributed by atoms with Gasteiger partial charge in [-0.3, -0.25) is 4.79 Å². The highest BCUT2D eigenvalue weighted by molar-refractivity contribution is 7.89. The molecule has 4 N–H and O–H groups in total. The minimum atomic E-state index is -3.66. The summed E-state index contributed by atoms with van der Waals surface area (Å²) >= 11 is 0. The summed E-state index contributed by atoms with van der Waals surface area (Å²) in [4.78, 5) is 11.4. The average Bonchev–Trinajstić information content (AvgIpc) is 2.51. The quantitative estimate of drug-likeness (QED) is 0.746. The van der Waals surface area contributed by atoms with Crippen LogP contribution in [0.4, 0.5) is 0 Å². The molecule has 0 unspecified atom stereocenters. The fourth-order valence-electron chi connectivity index (χ4n) is 2.10. The molecule has 0 saturated heterocycles. The summed E-state index contributed by atoms with van der Waals surface area (Å²) in [6.07, 6.45) is 1.42. The molecule has 0 saturated carbocycles. The molecule has 6 nitrogen and oxygen atoms in total. The van der Waals surface area contributed by atoms with Crippen LogP contribution in [0.2, 0.25) is 0 Å². The second-order valence-corrected chi connectivity index (χ2v) is 6.56. The number of benzene rings is 2. The Kier molecular flexibility index (Phi) is 5.36. The van der Waals surface area contributed by atoms with Gasteiger partial charge in [0.05, 0.1) is 17.1 Å². The van der Waals surface area contributed by atoms with Crippen LogP contribution in [0.25, 0.3) is 0 Å². The molecule has 122 valence electrons. The van der Waals surface area contributed by atoms with Gasteiger partial charge in [-0.05, 0) is 42.7 Å². The number of ether oxygens (including phenoxy) is 1. The van der Waals surface area contributed by atoms with Crippen molar-refractivity contribution >= 4 is 15.9 Å². The number of sulfonamides is 1. The molecular weight excluding hydrogens is 316 g/mol. The highest BCUT2D eigenvalue weighted by Crippen LogP contribution is 2.17. The fourth-order valence-corrected chi connectivity index (χ4v) is 2.62. The van der Waals surface area contributed by atoms with E-state index in [9.17, 15) is 13.2 Å². The molecule has 0 fully saturated rings. The van der Waals surface area contributed by atoms with Crippen molar-refractivity contribution in [3.05, 3.63) is 59.7 Å². The van der Waals surface area contributed by atoms with Crippen molar-refractivity contribution in [2.75, 3.05) is 6.61 Å². The molecule has 1 amide bonds. The van der Waals surface area contributed by atoms with Crippen LogP contribution in [0.1, 0.15) is 22.3 Å². The molecule has 0 atom stereocenters. The number of primary amides is 1. The van der Waals surface area contributed by atoms with Crippen LogP contribution in [-0.2, 0) is 16.4 Å². The van der Waals surface area contributed by atoms with Crippen LogP contribution < -0.4 is 15.6 Å². The summed E-state index contributed by atoms with van der Waals surface area (Å²) in [6.45, 7) is 0.418. The lowest BCUT2D eigenvalue weighted by molar-refractivity contribution is 0.0996. The third kappa shape index (κ3) is 4.80. The Morgan fingerprint density at radius 1 is 1.04 bits per heavy atom. The molecule has 0 aromatic heterocycles. The Morgan fingerprint density at radius 3 is 2.30 bits per heavy atom. The number of hydrogen-bond donors (Lipinski definition) is 2. The number of para-hydroxylation sites is 1. The smallest absolute Gasteiger partial charge is 0.252 e. The van der Waals surface area contributed by atoms with Gasteiger partial charge in [0, 0.05) is 0 Å². The number of amides is 1. The van der Waals surface area contributed by atoms with Crippen molar-refractivity contribution in [3.63, 3.8) is 0 Å². The maximum absolute atomic E-state index is 11.3. The summed E-state index contributed by atoms with van der Waals surface area (Å²) in [5.41, 5.74) is 6.61. The highest BCUT2D eigenvalue weighted by atomic mass is 32.2. The van der Waals surface area contributed by atoms with Gasteiger partial charge in [-0.1, -0.05) is 24.3 Å². The number of rotatable bonds is 7. The van der Waals surface area contributed by atoms with Gasteiger partial charge in [0.15, 0.2) is 0 Å². The zero-order chi connectivity index (χ0) is 16.9. The van der Waals surface area contributed by atoms with E-state index >= 15 is 0 Å². The Hall–Kier alpha value is -2.38. The van der Waals surface area contributed by atoms with Crippen LogP contribution >= 0.6 is 0 Å². The number of carbonyl (C=O) groups excluding carboxylic acids is 1. The first kappa shape index (κ1) is 17.0. The predicted octanol–water partition coefficient (Wildman–Crippen LogP) is 1.44. The van der Waals surface area contributed by atoms with Gasteiger partial charge in [0.1, 0.15) is 5.75 Å². The van der Waals surface area contributed by atoms with Crippen LogP contribution in [0.3, 0.4) is 0 Å². The number of aryl methyl sites for hydroxylation is 1.